The fourth-order valence-electron chi connectivity index (χ4n) is 2.33. The molecule has 1 aliphatic rings. The van der Waals surface area contributed by atoms with Gasteiger partial charge in [0.2, 0.25) is 0 Å². The monoisotopic (exact) mass is 276 g/mol. The van der Waals surface area contributed by atoms with Crippen LogP contribution in [0.1, 0.15) is 27.2 Å². The third-order valence-electron chi connectivity index (χ3n) is 3.50. The highest BCUT2D eigenvalue weighted by atomic mass is 32.2. The Labute approximate surface area is 119 Å². The van der Waals surface area contributed by atoms with Gasteiger partial charge in [-0.2, -0.15) is 0 Å². The van der Waals surface area contributed by atoms with E-state index in [1.54, 1.807) is 18.0 Å². The lowest BCUT2D eigenvalue weighted by Gasteiger charge is -2.32. The van der Waals surface area contributed by atoms with Gasteiger partial charge in [-0.25, -0.2) is 0 Å². The van der Waals surface area contributed by atoms with Crippen LogP contribution in [0.4, 0.5) is 0 Å². The highest BCUT2D eigenvalue weighted by Crippen LogP contribution is 2.34. The molecule has 0 unspecified atom stereocenters. The van der Waals surface area contributed by atoms with Crippen LogP contribution < -0.4 is 0 Å². The molecule has 19 heavy (non-hydrogen) atoms. The molecule has 2 rings (SSSR count). The molecule has 1 aromatic carbocycles. The lowest BCUT2D eigenvalue weighted by Crippen LogP contribution is -2.38. The highest BCUT2D eigenvalue weighted by molar-refractivity contribution is 8.00. The summed E-state index contributed by atoms with van der Waals surface area (Å²) in [6.07, 6.45) is 2.57. The largest absolute Gasteiger partial charge is 0.496 e. The second kappa shape index (κ2) is 6.29. The first-order valence-electron chi connectivity index (χ1n) is 6.71. The van der Waals surface area contributed by atoms with Crippen molar-refractivity contribution in [1.82, 2.24) is 0 Å². The Morgan fingerprint density at radius 3 is 2.63 bits per heavy atom. The Hall–Kier alpha value is -1.22. The van der Waals surface area contributed by atoms with Crippen molar-refractivity contribution in [3.05, 3.63) is 42.2 Å². The SMILES string of the molecule is CC[C@H](Sc1ccccc1)[C@@H]1OC=C(C)C(=O)[C@H]1C. The number of hydrogen-bond donors (Lipinski definition) is 0. The molecule has 1 heterocycles. The summed E-state index contributed by atoms with van der Waals surface area (Å²) in [4.78, 5) is 13.3. The molecule has 2 nitrogen and oxygen atoms in total. The molecule has 0 saturated carbocycles. The van der Waals surface area contributed by atoms with Gasteiger partial charge in [0.15, 0.2) is 5.78 Å². The average molecular weight is 276 g/mol. The van der Waals surface area contributed by atoms with Crippen LogP contribution in [0.5, 0.6) is 0 Å². The van der Waals surface area contributed by atoms with Crippen molar-refractivity contribution < 1.29 is 9.53 Å². The zero-order chi connectivity index (χ0) is 13.8. The summed E-state index contributed by atoms with van der Waals surface area (Å²) in [5.41, 5.74) is 0.725. The Morgan fingerprint density at radius 2 is 2.00 bits per heavy atom. The Kier molecular flexibility index (Phi) is 4.70. The molecule has 0 radical (unpaired) electrons. The third-order valence-corrected chi connectivity index (χ3v) is 4.95. The van der Waals surface area contributed by atoms with Crippen LogP contribution in [0, 0.1) is 5.92 Å². The van der Waals surface area contributed by atoms with Gasteiger partial charge in [0.25, 0.3) is 0 Å². The maximum atomic E-state index is 12.1. The van der Waals surface area contributed by atoms with Crippen LogP contribution in [0.25, 0.3) is 0 Å². The van der Waals surface area contributed by atoms with Crippen molar-refractivity contribution >= 4 is 17.5 Å². The summed E-state index contributed by atoms with van der Waals surface area (Å²) in [7, 11) is 0. The molecule has 3 atom stereocenters. The third kappa shape index (κ3) is 3.21. The fraction of sp³-hybridized carbons (Fsp3) is 0.438. The van der Waals surface area contributed by atoms with E-state index in [1.165, 1.54) is 4.90 Å². The van der Waals surface area contributed by atoms with Crippen LogP contribution in [0.2, 0.25) is 0 Å². The zero-order valence-corrected chi connectivity index (χ0v) is 12.4. The van der Waals surface area contributed by atoms with E-state index in [0.29, 0.717) is 5.25 Å². The van der Waals surface area contributed by atoms with Gasteiger partial charge >= 0.3 is 0 Å². The van der Waals surface area contributed by atoms with Crippen LogP contribution in [0.3, 0.4) is 0 Å². The van der Waals surface area contributed by atoms with E-state index >= 15 is 0 Å². The summed E-state index contributed by atoms with van der Waals surface area (Å²) < 4.78 is 5.79. The predicted molar refractivity (Wildman–Crippen MR) is 79.2 cm³/mol. The van der Waals surface area contributed by atoms with Crippen molar-refractivity contribution in [2.24, 2.45) is 5.92 Å². The molecule has 1 aliphatic heterocycles. The minimum absolute atomic E-state index is 0.0357. The van der Waals surface area contributed by atoms with Crippen molar-refractivity contribution in [1.29, 1.82) is 0 Å². The number of allylic oxidation sites excluding steroid dienone is 1. The second-order valence-electron chi connectivity index (χ2n) is 4.93. The van der Waals surface area contributed by atoms with Gasteiger partial charge in [-0.1, -0.05) is 32.0 Å². The number of Topliss-reactive ketones (excluding diaryl/α,β-unsaturated/α-hetero) is 1. The van der Waals surface area contributed by atoms with Crippen LogP contribution in [-0.2, 0) is 9.53 Å². The van der Waals surface area contributed by atoms with Gasteiger partial charge < -0.3 is 4.74 Å². The standard InChI is InChI=1S/C16H20O2S/c1-4-14(19-13-8-6-5-7-9-13)16-12(3)15(17)11(2)10-18-16/h5-10,12,14,16H,4H2,1-3H3/t12-,14+,16-/m1/s1. The van der Waals surface area contributed by atoms with Crippen LogP contribution in [-0.4, -0.2) is 17.1 Å². The maximum Gasteiger partial charge on any atom is 0.168 e. The predicted octanol–water partition coefficient (Wildman–Crippen LogP) is 4.07. The van der Waals surface area contributed by atoms with Crippen molar-refractivity contribution in [3.8, 4) is 0 Å². The Bertz CT molecular complexity index is 467. The molecule has 0 fully saturated rings. The fourth-order valence-corrected chi connectivity index (χ4v) is 3.60. The number of benzene rings is 1. The lowest BCUT2D eigenvalue weighted by molar-refractivity contribution is -0.124. The molecule has 0 bridgehead atoms. The van der Waals surface area contributed by atoms with Gasteiger partial charge in [0.1, 0.15) is 6.10 Å². The first-order valence-corrected chi connectivity index (χ1v) is 7.59. The van der Waals surface area contributed by atoms with Crippen LogP contribution >= 0.6 is 11.8 Å². The normalized spacial score (nSPS) is 24.6. The van der Waals surface area contributed by atoms with Gasteiger partial charge in [-0.05, 0) is 25.5 Å². The smallest absolute Gasteiger partial charge is 0.168 e. The topological polar surface area (TPSA) is 26.3 Å². The highest BCUT2D eigenvalue weighted by Gasteiger charge is 2.35. The van der Waals surface area contributed by atoms with Crippen molar-refractivity contribution in [3.63, 3.8) is 0 Å². The number of hydrogen-bond acceptors (Lipinski definition) is 3. The molecule has 0 saturated heterocycles. The first-order chi connectivity index (χ1) is 9.13. The summed E-state index contributed by atoms with van der Waals surface area (Å²) >= 11 is 1.80. The molecule has 0 amide bonds. The number of carbonyl (C=O) groups is 1. The molecule has 1 aromatic rings. The van der Waals surface area contributed by atoms with Crippen molar-refractivity contribution in [2.75, 3.05) is 0 Å². The molecule has 0 aromatic heterocycles. The molecular formula is C16H20O2S. The van der Waals surface area contributed by atoms with E-state index in [4.69, 9.17) is 4.74 Å². The number of ether oxygens (including phenoxy) is 1. The summed E-state index contributed by atoms with van der Waals surface area (Å²) in [5, 5.41) is 0.297. The quantitative estimate of drug-likeness (QED) is 0.776. The second-order valence-corrected chi connectivity index (χ2v) is 6.24. The van der Waals surface area contributed by atoms with Gasteiger partial charge in [-0.3, -0.25) is 4.79 Å². The van der Waals surface area contributed by atoms with Gasteiger partial charge in [0, 0.05) is 15.7 Å². The Morgan fingerprint density at radius 1 is 1.32 bits per heavy atom. The van der Waals surface area contributed by atoms with E-state index in [2.05, 4.69) is 19.1 Å². The molecule has 0 aliphatic carbocycles. The minimum Gasteiger partial charge on any atom is -0.496 e. The van der Waals surface area contributed by atoms with Gasteiger partial charge in [-0.15, -0.1) is 11.8 Å². The Balaban J connectivity index is 2.12. The molecule has 0 N–H and O–H groups in total. The van der Waals surface area contributed by atoms with E-state index in [1.807, 2.05) is 32.0 Å². The minimum atomic E-state index is -0.0637. The summed E-state index contributed by atoms with van der Waals surface area (Å²) in [6, 6.07) is 10.3. The van der Waals surface area contributed by atoms with Crippen LogP contribution in [0.15, 0.2) is 47.1 Å². The van der Waals surface area contributed by atoms with Crippen molar-refractivity contribution in [2.45, 2.75) is 43.4 Å². The maximum absolute atomic E-state index is 12.1. The number of thioether (sulfide) groups is 1. The van der Waals surface area contributed by atoms with E-state index in [0.717, 1.165) is 12.0 Å². The van der Waals surface area contributed by atoms with E-state index in [9.17, 15) is 4.79 Å². The van der Waals surface area contributed by atoms with E-state index < -0.39 is 0 Å². The number of rotatable bonds is 4. The lowest BCUT2D eigenvalue weighted by atomic mass is 9.90. The van der Waals surface area contributed by atoms with E-state index in [-0.39, 0.29) is 17.8 Å². The molecular weight excluding hydrogens is 256 g/mol. The number of ketones is 1. The molecule has 102 valence electrons. The molecule has 3 heteroatoms. The average Bonchev–Trinajstić information content (AvgIpc) is 2.44. The summed E-state index contributed by atoms with van der Waals surface area (Å²) in [5.74, 6) is 0.148. The molecule has 0 spiro atoms. The van der Waals surface area contributed by atoms with Gasteiger partial charge in [0.05, 0.1) is 12.2 Å². The number of carbonyl (C=O) groups excluding carboxylic acids is 1. The zero-order valence-electron chi connectivity index (χ0n) is 11.6. The first kappa shape index (κ1) is 14.2. The summed E-state index contributed by atoms with van der Waals surface area (Å²) in [6.45, 7) is 5.93.